The van der Waals surface area contributed by atoms with E-state index in [0.717, 1.165) is 0 Å². The van der Waals surface area contributed by atoms with Gasteiger partial charge < -0.3 is 15.2 Å². The molecule has 1 aromatic carbocycles. The van der Waals surface area contributed by atoms with Gasteiger partial charge in [-0.15, -0.1) is 0 Å². The number of aromatic carboxylic acids is 1. The second-order valence-corrected chi connectivity index (χ2v) is 3.32. The van der Waals surface area contributed by atoms with Crippen LogP contribution >= 0.6 is 0 Å². The highest BCUT2D eigenvalue weighted by atomic mass is 16.4. The van der Waals surface area contributed by atoms with Crippen molar-refractivity contribution >= 4 is 29.3 Å². The molecule has 5 nitrogen and oxygen atoms in total. The third-order valence-corrected chi connectivity index (χ3v) is 2.29. The van der Waals surface area contributed by atoms with E-state index in [1.807, 2.05) is 0 Å². The maximum atomic E-state index is 10.7. The first-order chi connectivity index (χ1) is 7.59. The van der Waals surface area contributed by atoms with Crippen molar-refractivity contribution < 1.29 is 19.9 Å². The van der Waals surface area contributed by atoms with Gasteiger partial charge in [-0.25, -0.2) is 9.78 Å². The van der Waals surface area contributed by atoms with Crippen molar-refractivity contribution in [2.75, 3.05) is 0 Å². The number of hydrogen-bond acceptors (Lipinski definition) is 4. The van der Waals surface area contributed by atoms with Crippen LogP contribution in [0.15, 0.2) is 30.5 Å². The summed E-state index contributed by atoms with van der Waals surface area (Å²) in [6.07, 6.45) is 1.39. The fraction of sp³-hybridized carbons (Fsp3) is 0. The lowest BCUT2D eigenvalue weighted by Crippen LogP contribution is -2.30. The SMILES string of the molecule is O=C(O)c1cc2c(B(O)O)cccc2cn1. The van der Waals surface area contributed by atoms with Crippen molar-refractivity contribution in [3.05, 3.63) is 36.2 Å². The zero-order valence-electron chi connectivity index (χ0n) is 8.16. The fourth-order valence-corrected chi connectivity index (χ4v) is 1.54. The summed E-state index contributed by atoms with van der Waals surface area (Å²) in [5, 5.41) is 28.2. The number of pyridine rings is 1. The molecule has 0 aliphatic heterocycles. The lowest BCUT2D eigenvalue weighted by Gasteiger charge is -2.05. The Kier molecular flexibility index (Phi) is 2.60. The average Bonchev–Trinajstić information content (AvgIpc) is 2.27. The van der Waals surface area contributed by atoms with Crippen LogP contribution in [0.3, 0.4) is 0 Å². The third kappa shape index (κ3) is 1.76. The first-order valence-electron chi connectivity index (χ1n) is 4.57. The molecule has 6 heteroatoms. The quantitative estimate of drug-likeness (QED) is 0.596. The highest BCUT2D eigenvalue weighted by Gasteiger charge is 2.15. The summed E-state index contributed by atoms with van der Waals surface area (Å²) in [6, 6.07) is 6.23. The summed E-state index contributed by atoms with van der Waals surface area (Å²) in [5.74, 6) is -1.15. The number of fused-ring (bicyclic) bond motifs is 1. The van der Waals surface area contributed by atoms with Gasteiger partial charge in [0.25, 0.3) is 0 Å². The average molecular weight is 217 g/mol. The van der Waals surface area contributed by atoms with E-state index in [2.05, 4.69) is 4.98 Å². The maximum Gasteiger partial charge on any atom is 0.489 e. The van der Waals surface area contributed by atoms with Crippen LogP contribution in [-0.2, 0) is 0 Å². The summed E-state index contributed by atoms with van der Waals surface area (Å²) in [6.45, 7) is 0. The van der Waals surface area contributed by atoms with E-state index < -0.39 is 13.1 Å². The predicted molar refractivity (Wildman–Crippen MR) is 58.5 cm³/mol. The molecule has 0 atom stereocenters. The standard InChI is InChI=1S/C10H8BNO4/c13-10(14)9-4-7-6(5-12-9)2-1-3-8(7)11(15)16/h1-5,15-16H,(H,13,14). The summed E-state index contributed by atoms with van der Waals surface area (Å²) in [4.78, 5) is 14.5. The Morgan fingerprint density at radius 3 is 2.69 bits per heavy atom. The Hall–Kier alpha value is -1.92. The van der Waals surface area contributed by atoms with Crippen LogP contribution in [0.1, 0.15) is 10.5 Å². The van der Waals surface area contributed by atoms with Crippen LogP contribution in [0, 0.1) is 0 Å². The number of carboxylic acids is 1. The highest BCUT2D eigenvalue weighted by Crippen LogP contribution is 2.12. The first-order valence-corrected chi connectivity index (χ1v) is 4.57. The molecule has 16 heavy (non-hydrogen) atoms. The molecular formula is C10H8BNO4. The molecule has 1 heterocycles. The Labute approximate surface area is 91.1 Å². The van der Waals surface area contributed by atoms with Crippen molar-refractivity contribution in [3.63, 3.8) is 0 Å². The smallest absolute Gasteiger partial charge is 0.477 e. The minimum absolute atomic E-state index is 0.124. The van der Waals surface area contributed by atoms with Crippen molar-refractivity contribution in [3.8, 4) is 0 Å². The minimum atomic E-state index is -1.63. The number of carboxylic acid groups (broad SMARTS) is 1. The van der Waals surface area contributed by atoms with E-state index in [1.165, 1.54) is 18.3 Å². The second-order valence-electron chi connectivity index (χ2n) is 3.32. The van der Waals surface area contributed by atoms with E-state index in [9.17, 15) is 4.79 Å². The van der Waals surface area contributed by atoms with Crippen LogP contribution in [0.5, 0.6) is 0 Å². The molecule has 2 aromatic rings. The zero-order valence-corrected chi connectivity index (χ0v) is 8.16. The van der Waals surface area contributed by atoms with Crippen molar-refractivity contribution in [1.29, 1.82) is 0 Å². The summed E-state index contributed by atoms with van der Waals surface area (Å²) < 4.78 is 0. The molecule has 0 spiro atoms. The van der Waals surface area contributed by atoms with E-state index in [1.54, 1.807) is 12.1 Å². The van der Waals surface area contributed by atoms with Crippen molar-refractivity contribution in [2.45, 2.75) is 0 Å². The molecule has 0 unspecified atom stereocenters. The van der Waals surface area contributed by atoms with Gasteiger partial charge in [-0.2, -0.15) is 0 Å². The number of rotatable bonds is 2. The fourth-order valence-electron chi connectivity index (χ4n) is 1.54. The molecule has 0 saturated carbocycles. The van der Waals surface area contributed by atoms with Gasteiger partial charge in [0.2, 0.25) is 0 Å². The van der Waals surface area contributed by atoms with Crippen LogP contribution in [0.2, 0.25) is 0 Å². The topological polar surface area (TPSA) is 90.7 Å². The summed E-state index contributed by atoms with van der Waals surface area (Å²) in [7, 11) is -1.63. The van der Waals surface area contributed by atoms with Crippen LogP contribution in [0.25, 0.3) is 10.8 Å². The molecule has 0 bridgehead atoms. The molecule has 2 rings (SSSR count). The molecule has 1 aromatic heterocycles. The number of benzene rings is 1. The molecule has 0 aliphatic rings. The highest BCUT2D eigenvalue weighted by molar-refractivity contribution is 6.62. The van der Waals surface area contributed by atoms with E-state index in [-0.39, 0.29) is 11.2 Å². The maximum absolute atomic E-state index is 10.7. The Balaban J connectivity index is 2.73. The normalized spacial score (nSPS) is 10.4. The van der Waals surface area contributed by atoms with Crippen molar-refractivity contribution in [2.24, 2.45) is 0 Å². The summed E-state index contributed by atoms with van der Waals surface area (Å²) >= 11 is 0. The lowest BCUT2D eigenvalue weighted by molar-refractivity contribution is 0.0690. The van der Waals surface area contributed by atoms with E-state index in [0.29, 0.717) is 10.8 Å². The van der Waals surface area contributed by atoms with Crippen LogP contribution in [0.4, 0.5) is 0 Å². The van der Waals surface area contributed by atoms with Gasteiger partial charge in [-0.3, -0.25) is 0 Å². The van der Waals surface area contributed by atoms with Gasteiger partial charge in [0.05, 0.1) is 0 Å². The largest absolute Gasteiger partial charge is 0.489 e. The molecular weight excluding hydrogens is 209 g/mol. The van der Waals surface area contributed by atoms with E-state index >= 15 is 0 Å². The van der Waals surface area contributed by atoms with Gasteiger partial charge in [0, 0.05) is 6.20 Å². The number of hydrogen-bond donors (Lipinski definition) is 3. The number of aromatic nitrogens is 1. The second kappa shape index (κ2) is 3.92. The van der Waals surface area contributed by atoms with Gasteiger partial charge in [0.1, 0.15) is 5.69 Å². The van der Waals surface area contributed by atoms with Crippen molar-refractivity contribution in [1.82, 2.24) is 4.98 Å². The molecule has 0 radical (unpaired) electrons. The Morgan fingerprint density at radius 2 is 2.06 bits per heavy atom. The number of carbonyl (C=O) groups is 1. The third-order valence-electron chi connectivity index (χ3n) is 2.29. The molecule has 80 valence electrons. The van der Waals surface area contributed by atoms with Gasteiger partial charge in [-0.1, -0.05) is 18.2 Å². The Bertz CT molecular complexity index is 556. The molecule has 0 aliphatic carbocycles. The predicted octanol–water partition coefficient (Wildman–Crippen LogP) is -0.387. The first kappa shape index (κ1) is 10.6. The summed E-state index contributed by atoms with van der Waals surface area (Å²) in [5.41, 5.74) is 0.142. The van der Waals surface area contributed by atoms with Crippen LogP contribution < -0.4 is 5.46 Å². The van der Waals surface area contributed by atoms with Crippen LogP contribution in [-0.4, -0.2) is 33.2 Å². The zero-order chi connectivity index (χ0) is 11.7. The molecule has 0 saturated heterocycles. The van der Waals surface area contributed by atoms with Gasteiger partial charge in [0.15, 0.2) is 0 Å². The Morgan fingerprint density at radius 1 is 1.31 bits per heavy atom. The molecule has 3 N–H and O–H groups in total. The molecule has 0 amide bonds. The van der Waals surface area contributed by atoms with E-state index in [4.69, 9.17) is 15.2 Å². The number of nitrogens with zero attached hydrogens (tertiary/aromatic N) is 1. The van der Waals surface area contributed by atoms with Gasteiger partial charge in [-0.05, 0) is 22.3 Å². The van der Waals surface area contributed by atoms with Gasteiger partial charge >= 0.3 is 13.1 Å². The monoisotopic (exact) mass is 217 g/mol. The molecule has 0 fully saturated rings. The lowest BCUT2D eigenvalue weighted by atomic mass is 9.77. The minimum Gasteiger partial charge on any atom is -0.477 e.